The van der Waals surface area contributed by atoms with Crippen LogP contribution in [0.3, 0.4) is 0 Å². The first-order chi connectivity index (χ1) is 9.40. The van der Waals surface area contributed by atoms with E-state index in [2.05, 4.69) is 14.6 Å². The van der Waals surface area contributed by atoms with Crippen molar-refractivity contribution in [2.75, 3.05) is 0 Å². The van der Waals surface area contributed by atoms with Gasteiger partial charge in [-0.2, -0.15) is 0 Å². The van der Waals surface area contributed by atoms with Gasteiger partial charge in [0.15, 0.2) is 5.65 Å². The Morgan fingerprint density at radius 2 is 1.63 bits per heavy atom. The maximum absolute atomic E-state index is 9.61. The van der Waals surface area contributed by atoms with Gasteiger partial charge in [-0.1, -0.05) is 30.3 Å². The molecule has 0 amide bonds. The maximum atomic E-state index is 9.61. The summed E-state index contributed by atoms with van der Waals surface area (Å²) in [5, 5.41) is 19.1. The quantitative estimate of drug-likeness (QED) is 0.564. The maximum Gasteiger partial charge on any atom is 0.166 e. The Labute approximate surface area is 108 Å². The van der Waals surface area contributed by atoms with Crippen LogP contribution < -0.4 is 0 Å². The first-order valence-electron chi connectivity index (χ1n) is 6.14. The van der Waals surface area contributed by atoms with Crippen LogP contribution >= 0.6 is 0 Å². The van der Waals surface area contributed by atoms with Crippen molar-refractivity contribution in [2.45, 2.75) is 6.61 Å². The van der Waals surface area contributed by atoms with Crippen molar-refractivity contribution in [3.05, 3.63) is 54.1 Å². The Balaban J connectivity index is 2.37. The van der Waals surface area contributed by atoms with Gasteiger partial charge in [-0.3, -0.25) is 4.40 Å². The molecule has 4 heteroatoms. The normalized spacial score (nSPS) is 11.6. The van der Waals surface area contributed by atoms with Crippen LogP contribution in [0.5, 0.6) is 0 Å². The Kier molecular flexibility index (Phi) is 2.07. The number of aliphatic hydroxyl groups is 1. The molecular formula is C15H11N3O. The average molecular weight is 249 g/mol. The Morgan fingerprint density at radius 3 is 2.47 bits per heavy atom. The fourth-order valence-corrected chi connectivity index (χ4v) is 2.64. The van der Waals surface area contributed by atoms with Gasteiger partial charge in [-0.05, 0) is 18.2 Å². The summed E-state index contributed by atoms with van der Waals surface area (Å²) in [4.78, 5) is 0. The highest BCUT2D eigenvalue weighted by atomic mass is 16.3. The largest absolute Gasteiger partial charge is 0.392 e. The SMILES string of the molecule is OCc1c2ccccc2n2c1nnc1ccccc12. The van der Waals surface area contributed by atoms with E-state index in [1.54, 1.807) is 0 Å². The molecule has 0 atom stereocenters. The van der Waals surface area contributed by atoms with Crippen molar-refractivity contribution in [3.63, 3.8) is 0 Å². The first kappa shape index (κ1) is 10.5. The number of hydrogen-bond donors (Lipinski definition) is 1. The number of aliphatic hydroxyl groups excluding tert-OH is 1. The molecule has 0 radical (unpaired) electrons. The third-order valence-electron chi connectivity index (χ3n) is 3.48. The molecule has 92 valence electrons. The van der Waals surface area contributed by atoms with Crippen LogP contribution in [0.1, 0.15) is 5.56 Å². The standard InChI is InChI=1S/C15H11N3O/c19-9-11-10-5-1-3-7-13(10)18-14-8-4-2-6-12(14)16-17-15(11)18/h1-8,19H,9H2. The predicted octanol–water partition coefficient (Wildman–Crippen LogP) is 2.53. The Morgan fingerprint density at radius 1 is 0.895 bits per heavy atom. The van der Waals surface area contributed by atoms with E-state index in [0.29, 0.717) is 0 Å². The fraction of sp³-hybridized carbons (Fsp3) is 0.0667. The summed E-state index contributed by atoms with van der Waals surface area (Å²) in [6.07, 6.45) is 0. The van der Waals surface area contributed by atoms with Gasteiger partial charge in [0.05, 0.1) is 17.6 Å². The number of rotatable bonds is 1. The minimum atomic E-state index is -0.0377. The summed E-state index contributed by atoms with van der Waals surface area (Å²) in [6, 6.07) is 15.9. The van der Waals surface area contributed by atoms with Gasteiger partial charge < -0.3 is 5.11 Å². The lowest BCUT2D eigenvalue weighted by molar-refractivity contribution is 0.284. The first-order valence-corrected chi connectivity index (χ1v) is 6.14. The number of benzene rings is 2. The zero-order chi connectivity index (χ0) is 12.8. The molecule has 4 rings (SSSR count). The predicted molar refractivity (Wildman–Crippen MR) is 73.9 cm³/mol. The highest BCUT2D eigenvalue weighted by molar-refractivity contribution is 5.95. The highest BCUT2D eigenvalue weighted by Gasteiger charge is 2.14. The Bertz CT molecular complexity index is 911. The molecule has 2 aromatic carbocycles. The number of aromatic nitrogens is 3. The van der Waals surface area contributed by atoms with Gasteiger partial charge in [-0.15, -0.1) is 10.2 Å². The van der Waals surface area contributed by atoms with E-state index in [4.69, 9.17) is 0 Å². The molecule has 0 unspecified atom stereocenters. The lowest BCUT2D eigenvalue weighted by Crippen LogP contribution is -1.95. The summed E-state index contributed by atoms with van der Waals surface area (Å²) in [7, 11) is 0. The molecule has 0 bridgehead atoms. The molecule has 1 N–H and O–H groups in total. The van der Waals surface area contributed by atoms with Crippen LogP contribution in [0, 0.1) is 0 Å². The van der Waals surface area contributed by atoms with E-state index in [-0.39, 0.29) is 6.61 Å². The molecule has 0 fully saturated rings. The van der Waals surface area contributed by atoms with Gasteiger partial charge in [0.1, 0.15) is 5.52 Å². The van der Waals surface area contributed by atoms with Crippen molar-refractivity contribution >= 4 is 27.6 Å². The molecule has 0 aliphatic carbocycles. The smallest absolute Gasteiger partial charge is 0.166 e. The summed E-state index contributed by atoms with van der Waals surface area (Å²) in [6.45, 7) is -0.0377. The summed E-state index contributed by atoms with van der Waals surface area (Å²) >= 11 is 0. The van der Waals surface area contributed by atoms with Gasteiger partial charge in [0.2, 0.25) is 0 Å². The van der Waals surface area contributed by atoms with Gasteiger partial charge in [0, 0.05) is 10.9 Å². The van der Waals surface area contributed by atoms with Gasteiger partial charge in [-0.25, -0.2) is 0 Å². The van der Waals surface area contributed by atoms with Gasteiger partial charge >= 0.3 is 0 Å². The highest BCUT2D eigenvalue weighted by Crippen LogP contribution is 2.27. The zero-order valence-electron chi connectivity index (χ0n) is 10.1. The monoisotopic (exact) mass is 249 g/mol. The molecule has 0 spiro atoms. The van der Waals surface area contributed by atoms with E-state index < -0.39 is 0 Å². The van der Waals surface area contributed by atoms with E-state index in [1.165, 1.54) is 0 Å². The molecule has 0 aliphatic rings. The minimum absolute atomic E-state index is 0.0377. The van der Waals surface area contributed by atoms with Crippen LogP contribution in [0.25, 0.3) is 27.6 Å². The average Bonchev–Trinajstić information content (AvgIpc) is 2.81. The van der Waals surface area contributed by atoms with Crippen LogP contribution in [-0.4, -0.2) is 19.7 Å². The molecule has 0 saturated heterocycles. The molecule has 0 saturated carbocycles. The van der Waals surface area contributed by atoms with Crippen LogP contribution in [0.15, 0.2) is 48.5 Å². The van der Waals surface area contributed by atoms with Crippen molar-refractivity contribution in [1.82, 2.24) is 14.6 Å². The second kappa shape index (κ2) is 3.76. The van der Waals surface area contributed by atoms with Crippen molar-refractivity contribution in [1.29, 1.82) is 0 Å². The molecular weight excluding hydrogens is 238 g/mol. The van der Waals surface area contributed by atoms with Crippen LogP contribution in [-0.2, 0) is 6.61 Å². The molecule has 19 heavy (non-hydrogen) atoms. The third kappa shape index (κ3) is 1.32. The van der Waals surface area contributed by atoms with E-state index in [0.717, 1.165) is 33.1 Å². The molecule has 4 aromatic rings. The number of fused-ring (bicyclic) bond motifs is 5. The third-order valence-corrected chi connectivity index (χ3v) is 3.48. The van der Waals surface area contributed by atoms with Crippen molar-refractivity contribution < 1.29 is 5.11 Å². The second-order valence-electron chi connectivity index (χ2n) is 4.50. The zero-order valence-corrected chi connectivity index (χ0v) is 10.1. The lowest BCUT2D eigenvalue weighted by atomic mass is 10.2. The topological polar surface area (TPSA) is 50.4 Å². The summed E-state index contributed by atoms with van der Waals surface area (Å²) < 4.78 is 2.06. The molecule has 0 aliphatic heterocycles. The van der Waals surface area contributed by atoms with E-state index in [9.17, 15) is 5.11 Å². The summed E-state index contributed by atoms with van der Waals surface area (Å²) in [5.74, 6) is 0. The molecule has 4 nitrogen and oxygen atoms in total. The van der Waals surface area contributed by atoms with E-state index >= 15 is 0 Å². The van der Waals surface area contributed by atoms with Crippen molar-refractivity contribution in [3.8, 4) is 0 Å². The van der Waals surface area contributed by atoms with Crippen LogP contribution in [0.2, 0.25) is 0 Å². The minimum Gasteiger partial charge on any atom is -0.392 e. The van der Waals surface area contributed by atoms with Crippen LogP contribution in [0.4, 0.5) is 0 Å². The lowest BCUT2D eigenvalue weighted by Gasteiger charge is -2.02. The van der Waals surface area contributed by atoms with Gasteiger partial charge in [0.25, 0.3) is 0 Å². The fourth-order valence-electron chi connectivity index (χ4n) is 2.64. The molecule has 2 aromatic heterocycles. The number of para-hydroxylation sites is 2. The number of nitrogens with zero attached hydrogens (tertiary/aromatic N) is 3. The molecule has 2 heterocycles. The second-order valence-corrected chi connectivity index (χ2v) is 4.50. The van der Waals surface area contributed by atoms with E-state index in [1.807, 2.05) is 48.5 Å². The summed E-state index contributed by atoms with van der Waals surface area (Å²) in [5.41, 5.74) is 4.45. The number of hydrogen-bond acceptors (Lipinski definition) is 3. The Hall–Kier alpha value is -2.46. The van der Waals surface area contributed by atoms with Crippen molar-refractivity contribution in [2.24, 2.45) is 0 Å².